The van der Waals surface area contributed by atoms with Crippen molar-refractivity contribution < 1.29 is 0 Å². The van der Waals surface area contributed by atoms with Crippen LogP contribution in [0.1, 0.15) is 34.6 Å². The van der Waals surface area contributed by atoms with E-state index < -0.39 is 0 Å². The van der Waals surface area contributed by atoms with E-state index in [1.54, 1.807) is 0 Å². The Labute approximate surface area is 130 Å². The zero-order valence-corrected chi connectivity index (χ0v) is 15.3. The zero-order valence-electron chi connectivity index (χ0n) is 12.9. The van der Waals surface area contributed by atoms with Crippen LogP contribution in [0.3, 0.4) is 0 Å². The Balaban J connectivity index is 0. The molecule has 0 amide bonds. The van der Waals surface area contributed by atoms with E-state index in [0.717, 1.165) is 19.0 Å². The van der Waals surface area contributed by atoms with Gasteiger partial charge in [0.1, 0.15) is 0 Å². The van der Waals surface area contributed by atoms with Crippen LogP contribution in [0.5, 0.6) is 0 Å². The Morgan fingerprint density at radius 3 is 2.11 bits per heavy atom. The van der Waals surface area contributed by atoms with E-state index in [0.29, 0.717) is 18.0 Å². The van der Waals surface area contributed by atoms with Gasteiger partial charge >= 0.3 is 0 Å². The maximum Gasteiger partial charge on any atom is 0.191 e. The van der Waals surface area contributed by atoms with Crippen LogP contribution in [-0.2, 0) is 0 Å². The highest BCUT2D eigenvalue weighted by Gasteiger charge is 2.09. The van der Waals surface area contributed by atoms with Crippen LogP contribution in [0.2, 0.25) is 0 Å². The highest BCUT2D eigenvalue weighted by atomic mass is 127. The standard InChI is InChI=1S/C13H30N4.HI/c1-10(2)12(5)16-13(14-6)15-8-9-17(7)11(3)4;/h10-12H,8-9H2,1-7H3,(H2,14,15,16);1H. The fraction of sp³-hybridized carbons (Fsp3) is 0.923. The fourth-order valence-electron chi connectivity index (χ4n) is 1.19. The highest BCUT2D eigenvalue weighted by Crippen LogP contribution is 1.99. The molecule has 0 spiro atoms. The van der Waals surface area contributed by atoms with Crippen molar-refractivity contribution in [2.24, 2.45) is 10.9 Å². The van der Waals surface area contributed by atoms with Crippen LogP contribution in [0, 0.1) is 5.92 Å². The first-order chi connectivity index (χ1) is 7.88. The molecule has 0 heterocycles. The van der Waals surface area contributed by atoms with Gasteiger partial charge in [0, 0.05) is 32.2 Å². The summed E-state index contributed by atoms with van der Waals surface area (Å²) in [6.45, 7) is 12.9. The Kier molecular flexibility index (Phi) is 12.2. The summed E-state index contributed by atoms with van der Waals surface area (Å²) >= 11 is 0. The maximum absolute atomic E-state index is 4.23. The smallest absolute Gasteiger partial charge is 0.191 e. The van der Waals surface area contributed by atoms with Crippen molar-refractivity contribution >= 4 is 29.9 Å². The lowest BCUT2D eigenvalue weighted by molar-refractivity contribution is 0.278. The number of hydrogen-bond donors (Lipinski definition) is 2. The molecular weight excluding hydrogens is 339 g/mol. The third-order valence-corrected chi connectivity index (χ3v) is 3.23. The first-order valence-electron chi connectivity index (χ1n) is 6.55. The first kappa shape index (κ1) is 20.3. The van der Waals surface area contributed by atoms with E-state index in [2.05, 4.69) is 62.2 Å². The molecule has 0 aromatic carbocycles. The van der Waals surface area contributed by atoms with Crippen LogP contribution < -0.4 is 10.6 Å². The molecule has 2 N–H and O–H groups in total. The summed E-state index contributed by atoms with van der Waals surface area (Å²) in [5.41, 5.74) is 0. The van der Waals surface area contributed by atoms with Crippen molar-refractivity contribution in [3.05, 3.63) is 0 Å². The molecule has 5 heteroatoms. The van der Waals surface area contributed by atoms with Crippen molar-refractivity contribution in [1.29, 1.82) is 0 Å². The minimum atomic E-state index is 0. The number of halogens is 1. The SMILES string of the molecule is CN=C(NCCN(C)C(C)C)NC(C)C(C)C.I. The monoisotopic (exact) mass is 370 g/mol. The van der Waals surface area contributed by atoms with Gasteiger partial charge in [-0.3, -0.25) is 4.99 Å². The number of rotatable bonds is 6. The summed E-state index contributed by atoms with van der Waals surface area (Å²) in [7, 11) is 3.95. The topological polar surface area (TPSA) is 39.7 Å². The second kappa shape index (κ2) is 10.8. The van der Waals surface area contributed by atoms with Gasteiger partial charge in [-0.05, 0) is 33.7 Å². The molecule has 110 valence electrons. The lowest BCUT2D eigenvalue weighted by Gasteiger charge is -2.23. The molecule has 1 atom stereocenters. The summed E-state index contributed by atoms with van der Waals surface area (Å²) in [6.07, 6.45) is 0. The average Bonchev–Trinajstić information content (AvgIpc) is 2.26. The molecule has 1 unspecified atom stereocenters. The van der Waals surface area contributed by atoms with Crippen LogP contribution >= 0.6 is 24.0 Å². The molecular formula is C13H31IN4. The molecule has 0 bridgehead atoms. The van der Waals surface area contributed by atoms with Gasteiger partial charge in [0.2, 0.25) is 0 Å². The maximum atomic E-state index is 4.23. The van der Waals surface area contributed by atoms with E-state index in [1.165, 1.54) is 0 Å². The van der Waals surface area contributed by atoms with Gasteiger partial charge in [-0.2, -0.15) is 0 Å². The average molecular weight is 370 g/mol. The molecule has 0 aromatic rings. The Morgan fingerprint density at radius 1 is 1.17 bits per heavy atom. The number of guanidine groups is 1. The Bertz CT molecular complexity index is 229. The van der Waals surface area contributed by atoms with Gasteiger partial charge in [0.25, 0.3) is 0 Å². The van der Waals surface area contributed by atoms with Crippen LogP contribution in [-0.4, -0.2) is 50.1 Å². The lowest BCUT2D eigenvalue weighted by atomic mass is 10.1. The van der Waals surface area contributed by atoms with Gasteiger partial charge in [-0.25, -0.2) is 0 Å². The van der Waals surface area contributed by atoms with Gasteiger partial charge < -0.3 is 15.5 Å². The molecule has 0 radical (unpaired) electrons. The molecule has 0 saturated carbocycles. The minimum Gasteiger partial charge on any atom is -0.355 e. The van der Waals surface area contributed by atoms with Gasteiger partial charge in [-0.1, -0.05) is 13.8 Å². The zero-order chi connectivity index (χ0) is 13.4. The summed E-state index contributed by atoms with van der Waals surface area (Å²) < 4.78 is 0. The molecule has 0 aromatic heterocycles. The van der Waals surface area contributed by atoms with Gasteiger partial charge in [0.15, 0.2) is 5.96 Å². The largest absolute Gasteiger partial charge is 0.355 e. The van der Waals surface area contributed by atoms with Crippen LogP contribution in [0.4, 0.5) is 0 Å². The second-order valence-corrected chi connectivity index (χ2v) is 5.25. The number of nitrogens with one attached hydrogen (secondary N) is 2. The molecule has 0 rings (SSSR count). The molecule has 4 nitrogen and oxygen atoms in total. The number of nitrogens with zero attached hydrogens (tertiary/aromatic N) is 2. The molecule has 0 fully saturated rings. The van der Waals surface area contributed by atoms with E-state index in [4.69, 9.17) is 0 Å². The van der Waals surface area contributed by atoms with E-state index in [9.17, 15) is 0 Å². The number of hydrogen-bond acceptors (Lipinski definition) is 2. The van der Waals surface area contributed by atoms with Crippen molar-refractivity contribution in [3.8, 4) is 0 Å². The van der Waals surface area contributed by atoms with E-state index in [-0.39, 0.29) is 24.0 Å². The summed E-state index contributed by atoms with van der Waals surface area (Å²) in [5, 5.41) is 6.73. The molecule has 18 heavy (non-hydrogen) atoms. The highest BCUT2D eigenvalue weighted by molar-refractivity contribution is 14.0. The molecule has 0 aliphatic carbocycles. The number of likely N-dealkylation sites (N-methyl/N-ethyl adjacent to an activating group) is 1. The van der Waals surface area contributed by atoms with Crippen molar-refractivity contribution in [2.75, 3.05) is 27.2 Å². The second-order valence-electron chi connectivity index (χ2n) is 5.25. The Hall–Kier alpha value is -0.0400. The fourth-order valence-corrected chi connectivity index (χ4v) is 1.19. The third kappa shape index (κ3) is 8.97. The summed E-state index contributed by atoms with van der Waals surface area (Å²) in [4.78, 5) is 6.54. The van der Waals surface area contributed by atoms with Gasteiger partial charge in [-0.15, -0.1) is 24.0 Å². The normalized spacial score (nSPS) is 13.8. The van der Waals surface area contributed by atoms with E-state index in [1.807, 2.05) is 7.05 Å². The minimum absolute atomic E-state index is 0. The Morgan fingerprint density at radius 2 is 1.72 bits per heavy atom. The molecule has 0 saturated heterocycles. The predicted molar refractivity (Wildman–Crippen MR) is 92.0 cm³/mol. The van der Waals surface area contributed by atoms with Gasteiger partial charge in [0.05, 0.1) is 0 Å². The van der Waals surface area contributed by atoms with E-state index >= 15 is 0 Å². The number of aliphatic imine (C=N–C) groups is 1. The molecule has 0 aliphatic heterocycles. The van der Waals surface area contributed by atoms with Crippen LogP contribution in [0.15, 0.2) is 4.99 Å². The summed E-state index contributed by atoms with van der Waals surface area (Å²) in [5.74, 6) is 1.50. The van der Waals surface area contributed by atoms with Crippen molar-refractivity contribution in [3.63, 3.8) is 0 Å². The van der Waals surface area contributed by atoms with Crippen molar-refractivity contribution in [2.45, 2.75) is 46.7 Å². The predicted octanol–water partition coefficient (Wildman–Crippen LogP) is 2.15. The first-order valence-corrected chi connectivity index (χ1v) is 6.55. The van der Waals surface area contributed by atoms with Crippen LogP contribution in [0.25, 0.3) is 0 Å². The lowest BCUT2D eigenvalue weighted by Crippen LogP contribution is -2.46. The third-order valence-electron chi connectivity index (χ3n) is 3.23. The van der Waals surface area contributed by atoms with Crippen molar-refractivity contribution in [1.82, 2.24) is 15.5 Å². The quantitative estimate of drug-likeness (QED) is 0.428. The molecule has 0 aliphatic rings. The summed E-state index contributed by atoms with van der Waals surface area (Å²) in [6, 6.07) is 1.02.